The molecule has 1 N–H and O–H groups in total. The molecule has 37 heavy (non-hydrogen) atoms. The minimum absolute atomic E-state index is 0.0393. The van der Waals surface area contributed by atoms with Gasteiger partial charge in [0.25, 0.3) is 0 Å². The van der Waals surface area contributed by atoms with Gasteiger partial charge >= 0.3 is 0 Å². The molecular formula is C29H28N2O6. The average Bonchev–Trinajstić information content (AvgIpc) is 2.91. The van der Waals surface area contributed by atoms with Gasteiger partial charge in [0.15, 0.2) is 5.78 Å². The Morgan fingerprint density at radius 3 is 2.11 bits per heavy atom. The first-order valence-electron chi connectivity index (χ1n) is 11.9. The van der Waals surface area contributed by atoms with Gasteiger partial charge in [0, 0.05) is 17.4 Å². The maximum Gasteiger partial charge on any atom is 0.244 e. The third-order valence-corrected chi connectivity index (χ3v) is 5.72. The Balaban J connectivity index is 1.72. The first kappa shape index (κ1) is 25.5. The van der Waals surface area contributed by atoms with E-state index < -0.39 is 11.2 Å². The number of nitrogens with zero attached hydrogens (tertiary/aromatic N) is 1. The van der Waals surface area contributed by atoms with Crippen molar-refractivity contribution in [2.75, 3.05) is 25.6 Å². The van der Waals surface area contributed by atoms with Crippen LogP contribution in [-0.2, 0) is 11.3 Å². The van der Waals surface area contributed by atoms with Crippen molar-refractivity contribution in [1.29, 1.82) is 0 Å². The number of methoxy groups -OCH3 is 1. The summed E-state index contributed by atoms with van der Waals surface area (Å²) in [6, 6.07) is 18.6. The second-order valence-electron chi connectivity index (χ2n) is 8.17. The standard InChI is InChI=1S/C29H28N2O6/c1-4-36-22-10-6-19(7-11-22)28(33)25-17-31(18-27(32)30-20-8-12-21(35-3)13-9-20)26-15-14-23(37-5-2)16-24(26)29(25)34/h6-17H,4-5,18H2,1-3H3,(H,30,32). The van der Waals surface area contributed by atoms with Crippen molar-refractivity contribution < 1.29 is 23.8 Å². The van der Waals surface area contributed by atoms with Gasteiger partial charge in [-0.05, 0) is 80.6 Å². The summed E-state index contributed by atoms with van der Waals surface area (Å²) in [6.45, 7) is 4.54. The summed E-state index contributed by atoms with van der Waals surface area (Å²) in [6.07, 6.45) is 1.44. The van der Waals surface area contributed by atoms with E-state index in [1.54, 1.807) is 78.4 Å². The van der Waals surface area contributed by atoms with E-state index in [2.05, 4.69) is 5.32 Å². The third kappa shape index (κ3) is 5.81. The first-order chi connectivity index (χ1) is 17.9. The lowest BCUT2D eigenvalue weighted by molar-refractivity contribution is -0.116. The fourth-order valence-corrected chi connectivity index (χ4v) is 3.98. The summed E-state index contributed by atoms with van der Waals surface area (Å²) < 4.78 is 17.8. The van der Waals surface area contributed by atoms with Crippen LogP contribution in [-0.4, -0.2) is 36.6 Å². The molecule has 3 aromatic carbocycles. The van der Waals surface area contributed by atoms with Gasteiger partial charge in [-0.2, -0.15) is 0 Å². The minimum Gasteiger partial charge on any atom is -0.497 e. The van der Waals surface area contributed by atoms with Crippen LogP contribution < -0.4 is 25.0 Å². The van der Waals surface area contributed by atoms with E-state index in [-0.39, 0.29) is 18.0 Å². The van der Waals surface area contributed by atoms with Crippen LogP contribution in [0.3, 0.4) is 0 Å². The zero-order valence-electron chi connectivity index (χ0n) is 20.9. The molecule has 1 heterocycles. The monoisotopic (exact) mass is 500 g/mol. The SMILES string of the molecule is CCOc1ccc(C(=O)c2cn(CC(=O)Nc3ccc(OC)cc3)c3ccc(OCC)cc3c2=O)cc1. The Kier molecular flexibility index (Phi) is 7.88. The summed E-state index contributed by atoms with van der Waals surface area (Å²) in [4.78, 5) is 39.7. The molecule has 8 heteroatoms. The molecule has 0 unspecified atom stereocenters. The van der Waals surface area contributed by atoms with Gasteiger partial charge in [-0.25, -0.2) is 0 Å². The fourth-order valence-electron chi connectivity index (χ4n) is 3.98. The van der Waals surface area contributed by atoms with Gasteiger partial charge in [-0.15, -0.1) is 0 Å². The average molecular weight is 501 g/mol. The van der Waals surface area contributed by atoms with E-state index in [0.29, 0.717) is 52.6 Å². The minimum atomic E-state index is -0.443. The normalized spacial score (nSPS) is 10.7. The highest BCUT2D eigenvalue weighted by Crippen LogP contribution is 2.22. The van der Waals surface area contributed by atoms with E-state index in [4.69, 9.17) is 14.2 Å². The van der Waals surface area contributed by atoms with Gasteiger partial charge in [0.1, 0.15) is 23.8 Å². The Bertz CT molecular complexity index is 1470. The van der Waals surface area contributed by atoms with E-state index in [1.165, 1.54) is 6.20 Å². The second kappa shape index (κ2) is 11.4. The van der Waals surface area contributed by atoms with Crippen LogP contribution >= 0.6 is 0 Å². The molecule has 190 valence electrons. The maximum atomic E-state index is 13.4. The van der Waals surface area contributed by atoms with E-state index in [9.17, 15) is 14.4 Å². The number of ketones is 1. The zero-order valence-corrected chi connectivity index (χ0v) is 20.9. The number of carbonyl (C=O) groups is 2. The van der Waals surface area contributed by atoms with Gasteiger partial charge in [0.05, 0.1) is 36.8 Å². The summed E-state index contributed by atoms with van der Waals surface area (Å²) in [7, 11) is 1.57. The van der Waals surface area contributed by atoms with Crippen molar-refractivity contribution in [3.05, 3.63) is 94.3 Å². The number of amides is 1. The van der Waals surface area contributed by atoms with Crippen LogP contribution in [0.5, 0.6) is 17.2 Å². The topological polar surface area (TPSA) is 95.9 Å². The Labute approximate surface area is 214 Å². The molecule has 1 amide bonds. The van der Waals surface area contributed by atoms with Crippen molar-refractivity contribution in [3.63, 3.8) is 0 Å². The number of ether oxygens (including phenoxy) is 3. The summed E-state index contributed by atoms with van der Waals surface area (Å²) in [5.41, 5.74) is 0.988. The van der Waals surface area contributed by atoms with Crippen molar-refractivity contribution >= 4 is 28.3 Å². The zero-order chi connectivity index (χ0) is 26.4. The highest BCUT2D eigenvalue weighted by atomic mass is 16.5. The quantitative estimate of drug-likeness (QED) is 0.318. The largest absolute Gasteiger partial charge is 0.497 e. The summed E-state index contributed by atoms with van der Waals surface area (Å²) in [5, 5.41) is 3.13. The Morgan fingerprint density at radius 2 is 1.46 bits per heavy atom. The van der Waals surface area contributed by atoms with Gasteiger partial charge in [-0.1, -0.05) is 0 Å². The molecule has 0 spiro atoms. The maximum absolute atomic E-state index is 13.4. The van der Waals surface area contributed by atoms with Crippen molar-refractivity contribution in [1.82, 2.24) is 4.57 Å². The molecule has 4 aromatic rings. The summed E-state index contributed by atoms with van der Waals surface area (Å²) >= 11 is 0. The second-order valence-corrected chi connectivity index (χ2v) is 8.17. The van der Waals surface area contributed by atoms with Gasteiger partial charge in [-0.3, -0.25) is 14.4 Å². The van der Waals surface area contributed by atoms with Crippen LogP contribution in [0.25, 0.3) is 10.9 Å². The molecule has 0 bridgehead atoms. The number of pyridine rings is 1. The first-order valence-corrected chi connectivity index (χ1v) is 11.9. The number of anilines is 1. The highest BCUT2D eigenvalue weighted by molar-refractivity contribution is 6.10. The van der Waals surface area contributed by atoms with Crippen LogP contribution in [0.15, 0.2) is 77.7 Å². The molecular weight excluding hydrogens is 472 g/mol. The van der Waals surface area contributed by atoms with Crippen LogP contribution in [0, 0.1) is 0 Å². The lowest BCUT2D eigenvalue weighted by Crippen LogP contribution is -2.24. The molecule has 8 nitrogen and oxygen atoms in total. The molecule has 0 saturated carbocycles. The van der Waals surface area contributed by atoms with Crippen LogP contribution in [0.4, 0.5) is 5.69 Å². The predicted molar refractivity (Wildman–Crippen MR) is 142 cm³/mol. The molecule has 0 aliphatic carbocycles. The van der Waals surface area contributed by atoms with E-state index in [1.807, 2.05) is 13.8 Å². The van der Waals surface area contributed by atoms with Crippen LogP contribution in [0.2, 0.25) is 0 Å². The number of hydrogen-bond donors (Lipinski definition) is 1. The highest BCUT2D eigenvalue weighted by Gasteiger charge is 2.19. The smallest absolute Gasteiger partial charge is 0.244 e. The number of rotatable bonds is 10. The number of hydrogen-bond acceptors (Lipinski definition) is 6. The molecule has 1 aromatic heterocycles. The number of nitrogens with one attached hydrogen (secondary N) is 1. The molecule has 0 fully saturated rings. The Hall–Kier alpha value is -4.59. The van der Waals surface area contributed by atoms with Gasteiger partial charge in [0.2, 0.25) is 11.3 Å². The molecule has 0 aliphatic heterocycles. The third-order valence-electron chi connectivity index (χ3n) is 5.72. The van der Waals surface area contributed by atoms with Crippen LogP contribution in [0.1, 0.15) is 29.8 Å². The molecule has 4 rings (SSSR count). The molecule has 0 radical (unpaired) electrons. The number of carbonyl (C=O) groups excluding carboxylic acids is 2. The van der Waals surface area contributed by atoms with Gasteiger partial charge < -0.3 is 24.1 Å². The number of fused-ring (bicyclic) bond motifs is 1. The lowest BCUT2D eigenvalue weighted by atomic mass is 10.0. The van der Waals surface area contributed by atoms with Crippen molar-refractivity contribution in [2.45, 2.75) is 20.4 Å². The molecule has 0 saturated heterocycles. The fraction of sp³-hybridized carbons (Fsp3) is 0.207. The lowest BCUT2D eigenvalue weighted by Gasteiger charge is -2.15. The number of benzene rings is 3. The van der Waals surface area contributed by atoms with E-state index in [0.717, 1.165) is 0 Å². The van der Waals surface area contributed by atoms with E-state index >= 15 is 0 Å². The van der Waals surface area contributed by atoms with Crippen molar-refractivity contribution in [3.8, 4) is 17.2 Å². The molecule has 0 atom stereocenters. The van der Waals surface area contributed by atoms with Crippen molar-refractivity contribution in [2.24, 2.45) is 0 Å². The summed E-state index contributed by atoms with van der Waals surface area (Å²) in [5.74, 6) is 1.05. The Morgan fingerprint density at radius 1 is 0.838 bits per heavy atom. The molecule has 0 aliphatic rings. The predicted octanol–water partition coefficient (Wildman–Crippen LogP) is 4.68. The number of aromatic nitrogens is 1.